The molecule has 3 heteroatoms. The van der Waals surface area contributed by atoms with E-state index >= 15 is 0 Å². The van der Waals surface area contributed by atoms with Gasteiger partial charge in [0.05, 0.1) is 0 Å². The zero-order valence-electron chi connectivity index (χ0n) is 13.7. The second-order valence-electron chi connectivity index (χ2n) is 8.19. The molecule has 5 rings (SSSR count). The minimum Gasteiger partial charge on any atom is -0.461 e. The predicted octanol–water partition coefficient (Wildman–Crippen LogP) is 3.52. The fourth-order valence-electron chi connectivity index (χ4n) is 5.87. The van der Waals surface area contributed by atoms with E-state index in [0.717, 1.165) is 18.0 Å². The Morgan fingerprint density at radius 1 is 1.13 bits per heavy atom. The van der Waals surface area contributed by atoms with E-state index in [9.17, 15) is 4.79 Å². The summed E-state index contributed by atoms with van der Waals surface area (Å²) >= 11 is 0. The van der Waals surface area contributed by atoms with Gasteiger partial charge in [-0.25, -0.2) is 0 Å². The van der Waals surface area contributed by atoms with Crippen LogP contribution in [0.3, 0.4) is 0 Å². The zero-order chi connectivity index (χ0) is 15.9. The molecular weight excluding hydrogens is 286 g/mol. The van der Waals surface area contributed by atoms with Crippen LogP contribution in [-0.2, 0) is 16.1 Å². The molecule has 0 aliphatic heterocycles. The lowest BCUT2D eigenvalue weighted by Gasteiger charge is -2.60. The van der Waals surface area contributed by atoms with Crippen molar-refractivity contribution in [1.29, 1.82) is 0 Å². The first-order valence-electron chi connectivity index (χ1n) is 9.07. The van der Waals surface area contributed by atoms with Crippen LogP contribution in [0.2, 0.25) is 0 Å². The van der Waals surface area contributed by atoms with Crippen molar-refractivity contribution < 1.29 is 9.53 Å². The SMILES string of the molecule is NCC12CC3C[C@H](C1)C(CC(=O)OCc1ccccc1)[C@@H](C3)C2. The van der Waals surface area contributed by atoms with E-state index in [1.54, 1.807) is 0 Å². The van der Waals surface area contributed by atoms with Gasteiger partial charge in [0.25, 0.3) is 0 Å². The van der Waals surface area contributed by atoms with Crippen molar-refractivity contribution in [3.63, 3.8) is 0 Å². The third-order valence-electron chi connectivity index (χ3n) is 6.67. The Bertz CT molecular complexity index is 554. The van der Waals surface area contributed by atoms with E-state index in [2.05, 4.69) is 0 Å². The standard InChI is InChI=1S/C20H27NO2/c21-13-20-9-15-6-16(10-20)18(17(7-15)11-20)8-19(22)23-12-14-4-2-1-3-5-14/h1-5,15-18H,6-13,21H2/t15?,16-,17+,18?,20?. The minimum absolute atomic E-state index is 0.0203. The summed E-state index contributed by atoms with van der Waals surface area (Å²) in [6.07, 6.45) is 7.06. The van der Waals surface area contributed by atoms with Gasteiger partial charge in [0, 0.05) is 6.42 Å². The van der Waals surface area contributed by atoms with Crippen molar-refractivity contribution in [2.24, 2.45) is 34.8 Å². The highest BCUT2D eigenvalue weighted by molar-refractivity contribution is 5.69. The topological polar surface area (TPSA) is 52.3 Å². The second kappa shape index (κ2) is 5.94. The molecule has 2 N–H and O–H groups in total. The molecule has 4 aliphatic carbocycles. The first-order chi connectivity index (χ1) is 11.2. The maximum absolute atomic E-state index is 12.3. The van der Waals surface area contributed by atoms with Crippen LogP contribution < -0.4 is 5.73 Å². The summed E-state index contributed by atoms with van der Waals surface area (Å²) in [5, 5.41) is 0. The molecule has 0 radical (unpaired) electrons. The van der Waals surface area contributed by atoms with Gasteiger partial charge in [0.1, 0.15) is 6.61 Å². The molecule has 4 aliphatic rings. The third kappa shape index (κ3) is 2.91. The van der Waals surface area contributed by atoms with Crippen molar-refractivity contribution in [1.82, 2.24) is 0 Å². The van der Waals surface area contributed by atoms with Gasteiger partial charge in [0.2, 0.25) is 0 Å². The van der Waals surface area contributed by atoms with Gasteiger partial charge in [-0.3, -0.25) is 4.79 Å². The number of hydrogen-bond donors (Lipinski definition) is 1. The molecular formula is C20H27NO2. The average molecular weight is 313 g/mol. The van der Waals surface area contributed by atoms with E-state index in [4.69, 9.17) is 10.5 Å². The largest absolute Gasteiger partial charge is 0.461 e. The number of carbonyl (C=O) groups excluding carboxylic acids is 1. The van der Waals surface area contributed by atoms with Gasteiger partial charge in [0.15, 0.2) is 0 Å². The maximum atomic E-state index is 12.3. The smallest absolute Gasteiger partial charge is 0.306 e. The van der Waals surface area contributed by atoms with Gasteiger partial charge in [-0.1, -0.05) is 30.3 Å². The van der Waals surface area contributed by atoms with Crippen LogP contribution in [-0.4, -0.2) is 12.5 Å². The van der Waals surface area contributed by atoms with E-state index in [1.807, 2.05) is 30.3 Å². The molecule has 1 aromatic carbocycles. The van der Waals surface area contributed by atoms with Gasteiger partial charge in [-0.15, -0.1) is 0 Å². The monoisotopic (exact) mass is 313 g/mol. The first kappa shape index (κ1) is 15.2. The summed E-state index contributed by atoms with van der Waals surface area (Å²) < 4.78 is 5.52. The molecule has 124 valence electrons. The van der Waals surface area contributed by atoms with Crippen LogP contribution in [0, 0.1) is 29.1 Å². The molecule has 0 spiro atoms. The molecule has 0 saturated heterocycles. The third-order valence-corrected chi connectivity index (χ3v) is 6.67. The quantitative estimate of drug-likeness (QED) is 0.846. The van der Waals surface area contributed by atoms with E-state index < -0.39 is 0 Å². The summed E-state index contributed by atoms with van der Waals surface area (Å²) in [6, 6.07) is 9.94. The molecule has 0 aromatic heterocycles. The molecule has 0 amide bonds. The number of ether oxygens (including phenoxy) is 1. The van der Waals surface area contributed by atoms with Crippen molar-refractivity contribution >= 4 is 5.97 Å². The minimum atomic E-state index is -0.0203. The van der Waals surface area contributed by atoms with Crippen LogP contribution in [0.4, 0.5) is 0 Å². The lowest BCUT2D eigenvalue weighted by Crippen LogP contribution is -2.53. The van der Waals surface area contributed by atoms with E-state index in [-0.39, 0.29) is 5.97 Å². The lowest BCUT2D eigenvalue weighted by molar-refractivity contribution is -0.153. The van der Waals surface area contributed by atoms with Crippen molar-refractivity contribution in [3.05, 3.63) is 35.9 Å². The first-order valence-corrected chi connectivity index (χ1v) is 9.07. The van der Waals surface area contributed by atoms with Crippen LogP contribution in [0.5, 0.6) is 0 Å². The van der Waals surface area contributed by atoms with Crippen molar-refractivity contribution in [3.8, 4) is 0 Å². The lowest BCUT2D eigenvalue weighted by atomic mass is 9.46. The summed E-state index contributed by atoms with van der Waals surface area (Å²) in [7, 11) is 0. The number of esters is 1. The fraction of sp³-hybridized carbons (Fsp3) is 0.650. The van der Waals surface area contributed by atoms with Gasteiger partial charge in [-0.2, -0.15) is 0 Å². The van der Waals surface area contributed by atoms with Crippen molar-refractivity contribution in [2.45, 2.75) is 45.1 Å². The normalized spacial score (nSPS) is 37.8. The summed E-state index contributed by atoms with van der Waals surface area (Å²) in [4.78, 5) is 12.3. The molecule has 3 unspecified atom stereocenters. The fourth-order valence-corrected chi connectivity index (χ4v) is 5.87. The summed E-state index contributed by atoms with van der Waals surface area (Å²) in [6.45, 7) is 1.23. The predicted molar refractivity (Wildman–Crippen MR) is 89.4 cm³/mol. The van der Waals surface area contributed by atoms with Crippen LogP contribution in [0.1, 0.15) is 44.1 Å². The number of nitrogens with two attached hydrogens (primary N) is 1. The molecule has 1 aromatic rings. The highest BCUT2D eigenvalue weighted by atomic mass is 16.5. The number of rotatable bonds is 5. The van der Waals surface area contributed by atoms with Crippen LogP contribution >= 0.6 is 0 Å². The Balaban J connectivity index is 1.35. The van der Waals surface area contributed by atoms with Gasteiger partial charge < -0.3 is 10.5 Å². The number of benzene rings is 1. The van der Waals surface area contributed by atoms with E-state index in [0.29, 0.717) is 36.2 Å². The van der Waals surface area contributed by atoms with E-state index in [1.165, 1.54) is 32.1 Å². The Morgan fingerprint density at radius 2 is 1.83 bits per heavy atom. The summed E-state index contributed by atoms with van der Waals surface area (Å²) in [5.41, 5.74) is 7.56. The highest BCUT2D eigenvalue weighted by Gasteiger charge is 2.54. The zero-order valence-corrected chi connectivity index (χ0v) is 13.7. The van der Waals surface area contributed by atoms with Gasteiger partial charge in [-0.05, 0) is 73.3 Å². The molecule has 3 nitrogen and oxygen atoms in total. The summed E-state index contributed by atoms with van der Waals surface area (Å²) in [5.74, 6) is 2.79. The number of carbonyl (C=O) groups is 1. The molecule has 4 bridgehead atoms. The molecule has 4 saturated carbocycles. The molecule has 23 heavy (non-hydrogen) atoms. The van der Waals surface area contributed by atoms with Crippen LogP contribution in [0.25, 0.3) is 0 Å². The Morgan fingerprint density at radius 3 is 2.48 bits per heavy atom. The average Bonchev–Trinajstić information content (AvgIpc) is 2.57. The van der Waals surface area contributed by atoms with Crippen LogP contribution in [0.15, 0.2) is 30.3 Å². The van der Waals surface area contributed by atoms with Gasteiger partial charge >= 0.3 is 5.97 Å². The maximum Gasteiger partial charge on any atom is 0.306 e. The second-order valence-corrected chi connectivity index (χ2v) is 8.19. The Labute approximate surface area is 138 Å². The number of hydrogen-bond acceptors (Lipinski definition) is 3. The van der Waals surface area contributed by atoms with Crippen molar-refractivity contribution in [2.75, 3.05) is 6.54 Å². The molecule has 4 fully saturated rings. The Kier molecular flexibility index (Phi) is 3.92. The molecule has 5 atom stereocenters. The Hall–Kier alpha value is -1.35. The highest BCUT2D eigenvalue weighted by Crippen LogP contribution is 2.62. The molecule has 0 heterocycles.